The summed E-state index contributed by atoms with van der Waals surface area (Å²) in [7, 11) is 0. The number of halogens is 4. The van der Waals surface area contributed by atoms with Gasteiger partial charge in [-0.15, -0.1) is 24.9 Å². The summed E-state index contributed by atoms with van der Waals surface area (Å²) in [4.78, 5) is 29.7. The van der Waals surface area contributed by atoms with Crippen LogP contribution >= 0.6 is 23.4 Å². The van der Waals surface area contributed by atoms with Crippen molar-refractivity contribution in [3.63, 3.8) is 0 Å². The number of alkyl halides is 3. The van der Waals surface area contributed by atoms with Crippen molar-refractivity contribution in [1.82, 2.24) is 10.2 Å². The van der Waals surface area contributed by atoms with Gasteiger partial charge in [0.15, 0.2) is 0 Å². The van der Waals surface area contributed by atoms with Gasteiger partial charge in [-0.25, -0.2) is 4.79 Å². The van der Waals surface area contributed by atoms with Gasteiger partial charge in [0, 0.05) is 60.0 Å². The average Bonchev–Trinajstić information content (AvgIpc) is 2.82. The molecule has 2 aromatic carbocycles. The number of hydrogen-bond acceptors (Lipinski definition) is 6. The van der Waals surface area contributed by atoms with Crippen molar-refractivity contribution >= 4 is 41.1 Å². The molecule has 0 aromatic heterocycles. The predicted octanol–water partition coefficient (Wildman–Crippen LogP) is 6.34. The zero-order chi connectivity index (χ0) is 28.1. The number of carbonyl (C=O) groups is 2. The Labute approximate surface area is 229 Å². The van der Waals surface area contributed by atoms with Gasteiger partial charge in [0.25, 0.3) is 5.91 Å². The highest BCUT2D eigenvalue weighted by molar-refractivity contribution is 7.99. The predicted molar refractivity (Wildman–Crippen MR) is 142 cm³/mol. The van der Waals surface area contributed by atoms with E-state index in [9.17, 15) is 22.8 Å². The smallest absolute Gasteiger partial charge is 0.444 e. The summed E-state index contributed by atoms with van der Waals surface area (Å²) in [5, 5.41) is 3.29. The fourth-order valence-electron chi connectivity index (χ4n) is 3.82. The molecule has 0 aliphatic carbocycles. The lowest BCUT2D eigenvalue weighted by Crippen LogP contribution is -2.50. The highest BCUT2D eigenvalue weighted by atomic mass is 35.5. The highest BCUT2D eigenvalue weighted by Crippen LogP contribution is 2.30. The van der Waals surface area contributed by atoms with Crippen LogP contribution in [-0.2, 0) is 11.3 Å². The molecule has 0 unspecified atom stereocenters. The Morgan fingerprint density at radius 1 is 1.05 bits per heavy atom. The van der Waals surface area contributed by atoms with Gasteiger partial charge < -0.3 is 24.6 Å². The van der Waals surface area contributed by atoms with E-state index in [1.807, 2.05) is 13.0 Å². The molecule has 1 saturated heterocycles. The number of rotatable bonds is 7. The molecule has 7 nitrogen and oxygen atoms in total. The summed E-state index contributed by atoms with van der Waals surface area (Å²) < 4.78 is 48.7. The Balaban J connectivity index is 1.77. The molecule has 1 aliphatic heterocycles. The van der Waals surface area contributed by atoms with Crippen LogP contribution in [0.1, 0.15) is 43.6 Å². The van der Waals surface area contributed by atoms with Crippen molar-refractivity contribution < 1.29 is 32.2 Å². The van der Waals surface area contributed by atoms with Gasteiger partial charge in [0.05, 0.1) is 0 Å². The molecule has 1 N–H and O–H groups in total. The average molecular weight is 574 g/mol. The molecule has 0 radical (unpaired) electrons. The number of carbonyl (C=O) groups excluding carboxylic acids is 2. The lowest BCUT2D eigenvalue weighted by molar-refractivity contribution is -0.274. The van der Waals surface area contributed by atoms with Crippen molar-refractivity contribution in [3.05, 3.63) is 52.5 Å². The second-order valence-corrected chi connectivity index (χ2v) is 11.3. The summed E-state index contributed by atoms with van der Waals surface area (Å²) in [5.74, 6) is -0.234. The van der Waals surface area contributed by atoms with Crippen LogP contribution in [0.15, 0.2) is 41.3 Å². The van der Waals surface area contributed by atoms with Crippen molar-refractivity contribution in [2.24, 2.45) is 0 Å². The molecule has 0 bridgehead atoms. The van der Waals surface area contributed by atoms with E-state index in [0.29, 0.717) is 36.9 Å². The third-order valence-corrected chi connectivity index (χ3v) is 6.68. The van der Waals surface area contributed by atoms with Crippen LogP contribution in [0.3, 0.4) is 0 Å². The normalized spacial score (nSPS) is 14.3. The van der Waals surface area contributed by atoms with Crippen molar-refractivity contribution in [2.75, 3.05) is 36.8 Å². The van der Waals surface area contributed by atoms with E-state index >= 15 is 0 Å². The van der Waals surface area contributed by atoms with E-state index in [1.165, 1.54) is 12.1 Å². The minimum absolute atomic E-state index is 0.0167. The summed E-state index contributed by atoms with van der Waals surface area (Å²) in [5.41, 5.74) is 0.563. The number of nitrogens with zero attached hydrogens (tertiary/aromatic N) is 2. The molecule has 0 spiro atoms. The monoisotopic (exact) mass is 573 g/mol. The first-order valence-corrected chi connectivity index (χ1v) is 13.4. The molecule has 38 heavy (non-hydrogen) atoms. The maximum Gasteiger partial charge on any atom is 0.573 e. The van der Waals surface area contributed by atoms with Crippen molar-refractivity contribution in [1.29, 1.82) is 0 Å². The molecule has 0 saturated carbocycles. The van der Waals surface area contributed by atoms with Crippen molar-refractivity contribution in [2.45, 2.75) is 51.1 Å². The van der Waals surface area contributed by atoms with Crippen LogP contribution in [0.4, 0.5) is 23.7 Å². The first kappa shape index (κ1) is 29.8. The standard InChI is InChI=1S/C26H31ClF3N3O4S/c1-5-38-22-7-6-19(27)12-18(22)16-31-23(34)17-13-20(15-21(14-17)36-26(28,29)30)32-8-10-33(11-9-32)24(35)37-25(2,3)4/h6-7,12-15H,5,8-11,16H2,1-4H3,(H,31,34). The number of piperazine rings is 1. The Bertz CT molecular complexity index is 1150. The molecule has 1 fully saturated rings. The van der Waals surface area contributed by atoms with Gasteiger partial charge in [-0.3, -0.25) is 4.79 Å². The van der Waals surface area contributed by atoms with Gasteiger partial charge >= 0.3 is 12.5 Å². The molecule has 1 heterocycles. The van der Waals surface area contributed by atoms with Crippen LogP contribution in [0, 0.1) is 0 Å². The maximum absolute atomic E-state index is 13.0. The van der Waals surface area contributed by atoms with E-state index in [4.69, 9.17) is 16.3 Å². The lowest BCUT2D eigenvalue weighted by Gasteiger charge is -2.37. The molecule has 1 aliphatic rings. The number of hydrogen-bond donors (Lipinski definition) is 1. The number of thioether (sulfide) groups is 1. The zero-order valence-corrected chi connectivity index (χ0v) is 23.2. The number of anilines is 1. The summed E-state index contributed by atoms with van der Waals surface area (Å²) >= 11 is 7.71. The zero-order valence-electron chi connectivity index (χ0n) is 21.7. The number of nitrogens with one attached hydrogen (secondary N) is 1. The Morgan fingerprint density at radius 3 is 2.34 bits per heavy atom. The third-order valence-electron chi connectivity index (χ3n) is 5.45. The van der Waals surface area contributed by atoms with Crippen molar-refractivity contribution in [3.8, 4) is 5.75 Å². The summed E-state index contributed by atoms with van der Waals surface area (Å²) in [6, 6.07) is 9.19. The second-order valence-electron chi connectivity index (χ2n) is 9.59. The Kier molecular flexibility index (Phi) is 9.69. The molecule has 2 amide bonds. The van der Waals surface area contributed by atoms with E-state index in [-0.39, 0.29) is 12.1 Å². The minimum Gasteiger partial charge on any atom is -0.444 e. The number of ether oxygens (including phenoxy) is 2. The first-order valence-electron chi connectivity index (χ1n) is 12.1. The third kappa shape index (κ3) is 8.90. The van der Waals surface area contributed by atoms with Gasteiger partial charge in [-0.2, -0.15) is 0 Å². The fraction of sp³-hybridized carbons (Fsp3) is 0.462. The number of benzene rings is 2. The van der Waals surface area contributed by atoms with Crippen LogP contribution < -0.4 is 15.0 Å². The topological polar surface area (TPSA) is 71.1 Å². The van der Waals surface area contributed by atoms with E-state index in [1.54, 1.807) is 54.5 Å². The lowest BCUT2D eigenvalue weighted by atomic mass is 10.1. The van der Waals surface area contributed by atoms with Gasteiger partial charge in [-0.05, 0) is 62.4 Å². The molecular weight excluding hydrogens is 543 g/mol. The Morgan fingerprint density at radius 2 is 1.74 bits per heavy atom. The quantitative estimate of drug-likeness (QED) is 0.390. The highest BCUT2D eigenvalue weighted by Gasteiger charge is 2.32. The van der Waals surface area contributed by atoms with Gasteiger partial charge in [0.2, 0.25) is 0 Å². The molecule has 208 valence electrons. The molecule has 0 atom stereocenters. The second kappa shape index (κ2) is 12.4. The van der Waals surface area contributed by atoms with Crippen LogP contribution in [0.2, 0.25) is 5.02 Å². The van der Waals surface area contributed by atoms with Crippen LogP contribution in [0.5, 0.6) is 5.75 Å². The molecule has 12 heteroatoms. The molecule has 2 aromatic rings. The first-order chi connectivity index (χ1) is 17.7. The largest absolute Gasteiger partial charge is 0.573 e. The molecule has 3 rings (SSSR count). The van der Waals surface area contributed by atoms with E-state index in [2.05, 4.69) is 10.1 Å². The van der Waals surface area contributed by atoms with Crippen LogP contribution in [0.25, 0.3) is 0 Å². The van der Waals surface area contributed by atoms with Gasteiger partial charge in [0.1, 0.15) is 11.4 Å². The fourth-order valence-corrected chi connectivity index (χ4v) is 4.81. The van der Waals surface area contributed by atoms with E-state index in [0.717, 1.165) is 22.3 Å². The minimum atomic E-state index is -4.92. The molecular formula is C26H31ClF3N3O4S. The Hall–Kier alpha value is -2.79. The summed E-state index contributed by atoms with van der Waals surface area (Å²) in [6.45, 7) is 8.78. The maximum atomic E-state index is 13.0. The SMILES string of the molecule is CCSc1ccc(Cl)cc1CNC(=O)c1cc(OC(F)(F)F)cc(N2CCN(C(=O)OC(C)(C)C)CC2)c1. The van der Waals surface area contributed by atoms with Gasteiger partial charge in [-0.1, -0.05) is 18.5 Å². The number of amides is 2. The summed E-state index contributed by atoms with van der Waals surface area (Å²) in [6.07, 6.45) is -5.37. The van der Waals surface area contributed by atoms with Crippen LogP contribution in [-0.4, -0.2) is 60.8 Å². The van der Waals surface area contributed by atoms with E-state index < -0.39 is 29.7 Å².